The molecule has 1 heterocycles. The molecule has 4 aromatic carbocycles. The topological polar surface area (TPSA) is 315 Å². The third-order valence-corrected chi connectivity index (χ3v) is 8.67. The number of azo groups is 2. The summed E-state index contributed by atoms with van der Waals surface area (Å²) in [6.45, 7) is 1.46. The summed E-state index contributed by atoms with van der Waals surface area (Å²) in [6, 6.07) is 14.1. The fourth-order valence-corrected chi connectivity index (χ4v) is 5.68. The van der Waals surface area contributed by atoms with E-state index in [1.807, 2.05) is 0 Å². The maximum Gasteiger partial charge on any atom is 0.324 e. The van der Waals surface area contributed by atoms with E-state index < -0.39 is 63.2 Å². The molecule has 0 fully saturated rings. The van der Waals surface area contributed by atoms with Gasteiger partial charge in [-0.3, -0.25) is 34.1 Å². The van der Waals surface area contributed by atoms with E-state index in [1.54, 1.807) is 0 Å². The highest BCUT2D eigenvalue weighted by Crippen LogP contribution is 2.41. The number of benzene rings is 4. The molecular weight excluding hydrogens is 717 g/mol. The van der Waals surface area contributed by atoms with E-state index in [0.717, 1.165) is 41.4 Å². The van der Waals surface area contributed by atoms with Gasteiger partial charge in [-0.15, -0.1) is 10.2 Å². The van der Waals surface area contributed by atoms with Crippen molar-refractivity contribution < 1.29 is 40.6 Å². The molecule has 51 heavy (non-hydrogen) atoms. The molecule has 1 unspecified atom stereocenters. The normalized spacial score (nSPS) is 15.0. The molecule has 4 aromatic rings. The first-order valence-corrected chi connectivity index (χ1v) is 16.8. The molecule has 5 N–H and O–H groups in total. The standard InChI is InChI=1S/C28H22N10O11S2/c1-15-26(28(39)36(35-15)19-6-9-21(10-7-19)50(44,45)46)34-33-24-13-16(29)12-23(27(24)38(42)43)32-31-18-4-2-17(3-5-18)30-22-11-8-20(37(40)41)14-25(22)51(47,48)49/h2-14,26,30H,29H2,1H3,(H,44,45,46)(H,47,48,49). The van der Waals surface area contributed by atoms with Gasteiger partial charge in [0.2, 0.25) is 0 Å². The van der Waals surface area contributed by atoms with Crippen molar-refractivity contribution in [1.29, 1.82) is 0 Å². The van der Waals surface area contributed by atoms with Crippen molar-refractivity contribution in [3.63, 3.8) is 0 Å². The van der Waals surface area contributed by atoms with E-state index in [9.17, 15) is 51.0 Å². The number of nitro benzene ring substituents is 2. The number of nitro groups is 2. The first-order valence-electron chi connectivity index (χ1n) is 13.9. The molecule has 262 valence electrons. The van der Waals surface area contributed by atoms with Gasteiger partial charge in [0, 0.05) is 23.5 Å². The third-order valence-electron chi connectivity index (χ3n) is 6.90. The summed E-state index contributed by atoms with van der Waals surface area (Å²) in [6.07, 6.45) is 0. The number of carbonyl (C=O) groups excluding carboxylic acids is 1. The minimum absolute atomic E-state index is 0.00975. The van der Waals surface area contributed by atoms with E-state index in [2.05, 4.69) is 30.9 Å². The molecule has 0 spiro atoms. The van der Waals surface area contributed by atoms with Gasteiger partial charge in [-0.1, -0.05) is 0 Å². The lowest BCUT2D eigenvalue weighted by Gasteiger charge is -2.12. The summed E-state index contributed by atoms with van der Waals surface area (Å²) in [5, 5.41) is 46.7. The van der Waals surface area contributed by atoms with Crippen LogP contribution >= 0.6 is 0 Å². The van der Waals surface area contributed by atoms with Gasteiger partial charge in [-0.05, 0) is 73.7 Å². The molecule has 21 nitrogen and oxygen atoms in total. The second-order valence-corrected chi connectivity index (χ2v) is 13.2. The van der Waals surface area contributed by atoms with Gasteiger partial charge < -0.3 is 11.1 Å². The van der Waals surface area contributed by atoms with Crippen LogP contribution in [0.4, 0.5) is 51.2 Å². The highest BCUT2D eigenvalue weighted by molar-refractivity contribution is 7.86. The van der Waals surface area contributed by atoms with Crippen molar-refractivity contribution in [2.45, 2.75) is 22.8 Å². The van der Waals surface area contributed by atoms with Gasteiger partial charge in [0.05, 0.1) is 37.5 Å². The predicted octanol–water partition coefficient (Wildman–Crippen LogP) is 5.61. The van der Waals surface area contributed by atoms with Crippen LogP contribution in [0.1, 0.15) is 6.92 Å². The molecule has 0 radical (unpaired) electrons. The summed E-state index contributed by atoms with van der Waals surface area (Å²) in [7, 11) is -9.31. The zero-order chi connectivity index (χ0) is 37.2. The second-order valence-electron chi connectivity index (χ2n) is 10.4. The fourth-order valence-electron chi connectivity index (χ4n) is 4.54. The number of non-ortho nitro benzene ring substituents is 1. The Bertz CT molecular complexity index is 2400. The van der Waals surface area contributed by atoms with Gasteiger partial charge in [0.1, 0.15) is 4.90 Å². The summed E-state index contributed by atoms with van der Waals surface area (Å²) >= 11 is 0. The van der Waals surface area contributed by atoms with Crippen LogP contribution in [0, 0.1) is 20.2 Å². The minimum atomic E-state index is -4.84. The number of rotatable bonds is 11. The first-order chi connectivity index (χ1) is 23.9. The Morgan fingerprint density at radius 3 is 2.04 bits per heavy atom. The molecule has 23 heteroatoms. The number of carbonyl (C=O) groups is 1. The van der Waals surface area contributed by atoms with Crippen molar-refractivity contribution in [3.05, 3.63) is 99.1 Å². The lowest BCUT2D eigenvalue weighted by atomic mass is 10.2. The van der Waals surface area contributed by atoms with Crippen LogP contribution in [0.3, 0.4) is 0 Å². The number of nitrogens with one attached hydrogen (secondary N) is 1. The van der Waals surface area contributed by atoms with Crippen LogP contribution in [-0.4, -0.2) is 53.4 Å². The molecular formula is C28H22N10O11S2. The first kappa shape index (κ1) is 35.7. The number of amides is 1. The highest BCUT2D eigenvalue weighted by Gasteiger charge is 2.35. The minimum Gasteiger partial charge on any atom is -0.399 e. The van der Waals surface area contributed by atoms with Gasteiger partial charge in [0.15, 0.2) is 17.4 Å². The van der Waals surface area contributed by atoms with E-state index >= 15 is 0 Å². The van der Waals surface area contributed by atoms with E-state index in [4.69, 9.17) is 5.73 Å². The van der Waals surface area contributed by atoms with Gasteiger partial charge in [-0.2, -0.15) is 37.2 Å². The lowest BCUT2D eigenvalue weighted by molar-refractivity contribution is -0.385. The number of hydrogen-bond acceptors (Lipinski definition) is 16. The summed E-state index contributed by atoms with van der Waals surface area (Å²) in [5.41, 5.74) is 4.66. The average Bonchev–Trinajstić information content (AvgIpc) is 3.34. The van der Waals surface area contributed by atoms with Crippen LogP contribution in [-0.2, 0) is 25.0 Å². The van der Waals surface area contributed by atoms with Crippen molar-refractivity contribution >= 4 is 83.0 Å². The Morgan fingerprint density at radius 2 is 1.47 bits per heavy atom. The molecule has 0 aromatic heterocycles. The highest BCUT2D eigenvalue weighted by atomic mass is 32.2. The Labute approximate surface area is 286 Å². The molecule has 0 saturated heterocycles. The molecule has 0 saturated carbocycles. The second kappa shape index (κ2) is 13.7. The quantitative estimate of drug-likeness (QED) is 0.0478. The number of anilines is 4. The van der Waals surface area contributed by atoms with Gasteiger partial charge >= 0.3 is 5.69 Å². The molecule has 5 rings (SSSR count). The number of hydrogen-bond donors (Lipinski definition) is 4. The summed E-state index contributed by atoms with van der Waals surface area (Å²) in [4.78, 5) is 33.5. The zero-order valence-electron chi connectivity index (χ0n) is 25.6. The number of nitrogens with zero attached hydrogens (tertiary/aromatic N) is 8. The van der Waals surface area contributed by atoms with E-state index in [-0.39, 0.29) is 45.5 Å². The van der Waals surface area contributed by atoms with Crippen LogP contribution in [0.25, 0.3) is 0 Å². The fraction of sp³-hybridized carbons (Fsp3) is 0.0714. The predicted molar refractivity (Wildman–Crippen MR) is 179 cm³/mol. The summed E-state index contributed by atoms with van der Waals surface area (Å²) in [5.74, 6) is -0.706. The Morgan fingerprint density at radius 1 is 0.843 bits per heavy atom. The van der Waals surface area contributed by atoms with Crippen LogP contribution in [0.2, 0.25) is 0 Å². The Kier molecular flexibility index (Phi) is 9.63. The van der Waals surface area contributed by atoms with E-state index in [0.29, 0.717) is 6.07 Å². The molecule has 1 amide bonds. The summed E-state index contributed by atoms with van der Waals surface area (Å²) < 4.78 is 65.0. The average molecular weight is 739 g/mol. The molecule has 1 atom stereocenters. The van der Waals surface area contributed by atoms with Crippen molar-refractivity contribution in [3.8, 4) is 0 Å². The smallest absolute Gasteiger partial charge is 0.324 e. The van der Waals surface area contributed by atoms with Crippen molar-refractivity contribution in [2.24, 2.45) is 25.6 Å². The van der Waals surface area contributed by atoms with Crippen molar-refractivity contribution in [2.75, 3.05) is 16.1 Å². The third kappa shape index (κ3) is 8.02. The maximum atomic E-state index is 13.1. The number of nitrogens with two attached hydrogens (primary N) is 1. The Hall–Kier alpha value is -6.56. The molecule has 1 aliphatic rings. The Balaban J connectivity index is 1.36. The number of nitrogen functional groups attached to an aromatic ring is 1. The van der Waals surface area contributed by atoms with Crippen LogP contribution in [0.15, 0.2) is 114 Å². The van der Waals surface area contributed by atoms with Gasteiger partial charge in [-0.25, -0.2) is 0 Å². The monoisotopic (exact) mass is 738 g/mol. The van der Waals surface area contributed by atoms with Gasteiger partial charge in [0.25, 0.3) is 31.8 Å². The zero-order valence-corrected chi connectivity index (χ0v) is 27.3. The number of hydrazone groups is 1. The van der Waals surface area contributed by atoms with E-state index in [1.165, 1.54) is 43.3 Å². The lowest BCUT2D eigenvalue weighted by Crippen LogP contribution is -2.29. The SMILES string of the molecule is CC1=NN(c2ccc(S(=O)(=O)O)cc2)C(=O)C1N=Nc1cc(N)cc(N=Nc2ccc(Nc3ccc([N+](=O)[O-])cc3S(=O)(=O)O)cc2)c1[N+](=O)[O-]. The molecule has 1 aliphatic heterocycles. The van der Waals surface area contributed by atoms with Crippen molar-refractivity contribution in [1.82, 2.24) is 0 Å². The maximum absolute atomic E-state index is 13.1. The van der Waals surface area contributed by atoms with Crippen LogP contribution < -0.4 is 16.1 Å². The largest absolute Gasteiger partial charge is 0.399 e. The van der Waals surface area contributed by atoms with Crippen LogP contribution in [0.5, 0.6) is 0 Å². The molecule has 0 bridgehead atoms. The molecule has 0 aliphatic carbocycles.